The molecule has 108 valence electrons. The Kier molecular flexibility index (Phi) is 9.40. The minimum absolute atomic E-state index is 0.300. The molecule has 0 spiro atoms. The Labute approximate surface area is 115 Å². The van der Waals surface area contributed by atoms with Crippen molar-refractivity contribution in [1.29, 1.82) is 0 Å². The van der Waals surface area contributed by atoms with Crippen LogP contribution < -0.4 is 0 Å². The molecule has 0 aliphatic heterocycles. The molecule has 1 nitrogen and oxygen atoms in total. The first kappa shape index (κ1) is 17.7. The molecular formula is C17H34O. The molecule has 0 rings (SSSR count). The average molecular weight is 254 g/mol. The SMILES string of the molecule is CCC(C)CC(CC)C(=O)C(CC)CC(C)CC. The van der Waals surface area contributed by atoms with Gasteiger partial charge in [0.05, 0.1) is 0 Å². The van der Waals surface area contributed by atoms with Crippen molar-refractivity contribution in [3.05, 3.63) is 0 Å². The second-order valence-corrected chi connectivity index (χ2v) is 6.11. The van der Waals surface area contributed by atoms with Crippen molar-refractivity contribution in [3.8, 4) is 0 Å². The van der Waals surface area contributed by atoms with Crippen molar-refractivity contribution in [3.63, 3.8) is 0 Å². The Morgan fingerprint density at radius 3 is 1.28 bits per heavy atom. The van der Waals surface area contributed by atoms with Gasteiger partial charge in [-0.2, -0.15) is 0 Å². The van der Waals surface area contributed by atoms with Gasteiger partial charge in [0.25, 0.3) is 0 Å². The predicted octanol–water partition coefficient (Wildman–Crippen LogP) is 5.48. The quantitative estimate of drug-likeness (QED) is 0.504. The second kappa shape index (κ2) is 9.58. The predicted molar refractivity (Wildman–Crippen MR) is 80.7 cm³/mol. The van der Waals surface area contributed by atoms with Crippen molar-refractivity contribution >= 4 is 5.78 Å². The van der Waals surface area contributed by atoms with Crippen LogP contribution >= 0.6 is 0 Å². The van der Waals surface area contributed by atoms with Gasteiger partial charge in [-0.25, -0.2) is 0 Å². The summed E-state index contributed by atoms with van der Waals surface area (Å²) in [5.74, 6) is 2.50. The molecule has 0 fully saturated rings. The van der Waals surface area contributed by atoms with E-state index in [9.17, 15) is 4.79 Å². The van der Waals surface area contributed by atoms with Crippen LogP contribution in [-0.2, 0) is 4.79 Å². The monoisotopic (exact) mass is 254 g/mol. The standard InChI is InChI=1S/C17H34O/c1-7-13(5)11-15(9-3)17(18)16(10-4)12-14(6)8-2/h13-16H,7-12H2,1-6H3. The Bertz CT molecular complexity index is 200. The molecule has 0 aromatic carbocycles. The van der Waals surface area contributed by atoms with E-state index in [1.54, 1.807) is 0 Å². The van der Waals surface area contributed by atoms with Crippen molar-refractivity contribution in [2.75, 3.05) is 0 Å². The molecule has 0 aliphatic carbocycles. The minimum Gasteiger partial charge on any atom is -0.299 e. The Morgan fingerprint density at radius 1 is 0.722 bits per heavy atom. The summed E-state index contributed by atoms with van der Waals surface area (Å²) in [5.41, 5.74) is 0. The molecule has 18 heavy (non-hydrogen) atoms. The fourth-order valence-corrected chi connectivity index (χ4v) is 2.61. The summed E-state index contributed by atoms with van der Waals surface area (Å²) in [7, 11) is 0. The smallest absolute Gasteiger partial charge is 0.139 e. The van der Waals surface area contributed by atoms with E-state index < -0.39 is 0 Å². The van der Waals surface area contributed by atoms with Crippen LogP contribution in [0.15, 0.2) is 0 Å². The van der Waals surface area contributed by atoms with Crippen LogP contribution in [0.2, 0.25) is 0 Å². The third-order valence-electron chi connectivity index (χ3n) is 4.56. The van der Waals surface area contributed by atoms with E-state index in [2.05, 4.69) is 41.5 Å². The van der Waals surface area contributed by atoms with Gasteiger partial charge in [-0.1, -0.05) is 54.4 Å². The molecule has 0 heterocycles. The maximum absolute atomic E-state index is 12.6. The van der Waals surface area contributed by atoms with Gasteiger partial charge < -0.3 is 0 Å². The van der Waals surface area contributed by atoms with E-state index in [-0.39, 0.29) is 0 Å². The molecule has 0 aliphatic rings. The number of hydrogen-bond donors (Lipinski definition) is 0. The largest absolute Gasteiger partial charge is 0.299 e. The van der Waals surface area contributed by atoms with E-state index in [4.69, 9.17) is 0 Å². The van der Waals surface area contributed by atoms with Crippen LogP contribution in [0.4, 0.5) is 0 Å². The van der Waals surface area contributed by atoms with Gasteiger partial charge in [0.1, 0.15) is 5.78 Å². The van der Waals surface area contributed by atoms with Gasteiger partial charge in [-0.15, -0.1) is 0 Å². The van der Waals surface area contributed by atoms with Crippen LogP contribution in [0, 0.1) is 23.7 Å². The topological polar surface area (TPSA) is 17.1 Å². The van der Waals surface area contributed by atoms with Gasteiger partial charge in [0.15, 0.2) is 0 Å². The third kappa shape index (κ3) is 6.02. The van der Waals surface area contributed by atoms with Gasteiger partial charge in [0, 0.05) is 11.8 Å². The summed E-state index contributed by atoms with van der Waals surface area (Å²) in [6.45, 7) is 13.3. The number of hydrogen-bond acceptors (Lipinski definition) is 1. The highest BCUT2D eigenvalue weighted by atomic mass is 16.1. The summed E-state index contributed by atoms with van der Waals surface area (Å²) in [5, 5.41) is 0. The first-order valence-electron chi connectivity index (χ1n) is 8.03. The molecule has 4 unspecified atom stereocenters. The summed E-state index contributed by atoms with van der Waals surface area (Å²) < 4.78 is 0. The maximum atomic E-state index is 12.6. The van der Waals surface area contributed by atoms with Crippen molar-refractivity contribution in [2.24, 2.45) is 23.7 Å². The highest BCUT2D eigenvalue weighted by Gasteiger charge is 2.26. The second-order valence-electron chi connectivity index (χ2n) is 6.11. The number of carbonyl (C=O) groups is 1. The first-order chi connectivity index (χ1) is 8.49. The van der Waals surface area contributed by atoms with Gasteiger partial charge in [-0.05, 0) is 37.5 Å². The molecule has 0 radical (unpaired) electrons. The Morgan fingerprint density at radius 2 is 1.06 bits per heavy atom. The van der Waals surface area contributed by atoms with E-state index in [1.807, 2.05) is 0 Å². The van der Waals surface area contributed by atoms with E-state index in [0.29, 0.717) is 29.5 Å². The van der Waals surface area contributed by atoms with E-state index in [0.717, 1.165) is 25.7 Å². The molecule has 0 amide bonds. The molecule has 0 bridgehead atoms. The lowest BCUT2D eigenvalue weighted by molar-refractivity contribution is -0.128. The molecule has 0 N–H and O–H groups in total. The lowest BCUT2D eigenvalue weighted by Crippen LogP contribution is -2.26. The molecule has 4 atom stereocenters. The summed E-state index contributed by atoms with van der Waals surface area (Å²) in [6.07, 6.45) is 6.57. The van der Waals surface area contributed by atoms with Crippen LogP contribution in [0.5, 0.6) is 0 Å². The Balaban J connectivity index is 4.52. The lowest BCUT2D eigenvalue weighted by atomic mass is 9.79. The molecule has 1 heteroatoms. The van der Waals surface area contributed by atoms with Gasteiger partial charge >= 0.3 is 0 Å². The van der Waals surface area contributed by atoms with E-state index >= 15 is 0 Å². The van der Waals surface area contributed by atoms with Crippen LogP contribution in [-0.4, -0.2) is 5.78 Å². The number of Topliss-reactive ketones (excluding diaryl/α,β-unsaturated/α-hetero) is 1. The Hall–Kier alpha value is -0.330. The fraction of sp³-hybridized carbons (Fsp3) is 0.941. The minimum atomic E-state index is 0.300. The van der Waals surface area contributed by atoms with Crippen molar-refractivity contribution in [1.82, 2.24) is 0 Å². The summed E-state index contributed by atoms with van der Waals surface area (Å²) >= 11 is 0. The average Bonchev–Trinajstić information content (AvgIpc) is 2.40. The van der Waals surface area contributed by atoms with Gasteiger partial charge in [-0.3, -0.25) is 4.79 Å². The molecular weight excluding hydrogens is 220 g/mol. The van der Waals surface area contributed by atoms with E-state index in [1.165, 1.54) is 12.8 Å². The van der Waals surface area contributed by atoms with Gasteiger partial charge in [0.2, 0.25) is 0 Å². The maximum Gasteiger partial charge on any atom is 0.139 e. The molecule has 0 aromatic rings. The number of rotatable bonds is 10. The highest BCUT2D eigenvalue weighted by molar-refractivity contribution is 5.83. The number of ketones is 1. The normalized spacial score (nSPS) is 18.1. The zero-order valence-electron chi connectivity index (χ0n) is 13.5. The first-order valence-corrected chi connectivity index (χ1v) is 8.03. The molecule has 0 saturated heterocycles. The summed E-state index contributed by atoms with van der Waals surface area (Å²) in [4.78, 5) is 12.6. The fourth-order valence-electron chi connectivity index (χ4n) is 2.61. The lowest BCUT2D eigenvalue weighted by Gasteiger charge is -2.24. The zero-order chi connectivity index (χ0) is 14.1. The van der Waals surface area contributed by atoms with Crippen molar-refractivity contribution < 1.29 is 4.79 Å². The van der Waals surface area contributed by atoms with Crippen LogP contribution in [0.3, 0.4) is 0 Å². The highest BCUT2D eigenvalue weighted by Crippen LogP contribution is 2.27. The number of carbonyl (C=O) groups excluding carboxylic acids is 1. The summed E-state index contributed by atoms with van der Waals surface area (Å²) in [6, 6.07) is 0. The van der Waals surface area contributed by atoms with Crippen LogP contribution in [0.25, 0.3) is 0 Å². The molecule has 0 aromatic heterocycles. The third-order valence-corrected chi connectivity index (χ3v) is 4.56. The zero-order valence-corrected chi connectivity index (χ0v) is 13.5. The van der Waals surface area contributed by atoms with Crippen molar-refractivity contribution in [2.45, 2.75) is 80.1 Å². The van der Waals surface area contributed by atoms with Crippen LogP contribution in [0.1, 0.15) is 80.1 Å². The molecule has 0 saturated carbocycles.